The van der Waals surface area contributed by atoms with Gasteiger partial charge in [0.1, 0.15) is 5.82 Å². The molecule has 1 aliphatic heterocycles. The van der Waals surface area contributed by atoms with Crippen LogP contribution in [0.4, 0.5) is 23.1 Å². The first-order valence-electron chi connectivity index (χ1n) is 8.45. The number of hydrogen-bond acceptors (Lipinski definition) is 6. The SMILES string of the molecule is COCCNc1cc(C)nc(Nc2ccc(N3CCCC3)cc2)n1. The number of nitrogens with one attached hydrogen (secondary N) is 2. The van der Waals surface area contributed by atoms with E-state index in [0.29, 0.717) is 12.6 Å². The minimum atomic E-state index is 0.601. The molecule has 6 heteroatoms. The van der Waals surface area contributed by atoms with Crippen molar-refractivity contribution in [3.63, 3.8) is 0 Å². The fraction of sp³-hybridized carbons (Fsp3) is 0.444. The highest BCUT2D eigenvalue weighted by atomic mass is 16.5. The summed E-state index contributed by atoms with van der Waals surface area (Å²) in [5.74, 6) is 1.40. The quantitative estimate of drug-likeness (QED) is 0.762. The average molecular weight is 327 g/mol. The lowest BCUT2D eigenvalue weighted by molar-refractivity contribution is 0.210. The summed E-state index contributed by atoms with van der Waals surface area (Å²) in [6.07, 6.45) is 2.58. The maximum Gasteiger partial charge on any atom is 0.229 e. The number of methoxy groups -OCH3 is 1. The molecule has 0 amide bonds. The lowest BCUT2D eigenvalue weighted by Gasteiger charge is -2.18. The van der Waals surface area contributed by atoms with Gasteiger partial charge in [-0.3, -0.25) is 0 Å². The number of hydrogen-bond donors (Lipinski definition) is 2. The Morgan fingerprint density at radius 1 is 1.12 bits per heavy atom. The molecular formula is C18H25N5O. The standard InChI is InChI=1S/C18H25N5O/c1-14-13-17(19-9-12-24-2)22-18(20-14)21-15-5-7-16(8-6-15)23-10-3-4-11-23/h5-8,13H,3-4,9-12H2,1-2H3,(H2,19,20,21,22). The lowest BCUT2D eigenvalue weighted by Crippen LogP contribution is -2.17. The second kappa shape index (κ2) is 7.97. The topological polar surface area (TPSA) is 62.3 Å². The molecule has 0 aliphatic carbocycles. The Kier molecular flexibility index (Phi) is 5.48. The molecule has 1 fully saturated rings. The van der Waals surface area contributed by atoms with Crippen molar-refractivity contribution < 1.29 is 4.74 Å². The Morgan fingerprint density at radius 3 is 2.58 bits per heavy atom. The van der Waals surface area contributed by atoms with Crippen molar-refractivity contribution in [2.24, 2.45) is 0 Å². The van der Waals surface area contributed by atoms with Gasteiger partial charge < -0.3 is 20.3 Å². The maximum absolute atomic E-state index is 5.05. The molecule has 1 aromatic carbocycles. The Labute approximate surface area is 143 Å². The van der Waals surface area contributed by atoms with E-state index in [4.69, 9.17) is 4.74 Å². The first-order valence-corrected chi connectivity index (χ1v) is 8.45. The number of anilines is 4. The zero-order chi connectivity index (χ0) is 16.8. The third-order valence-corrected chi connectivity index (χ3v) is 4.06. The van der Waals surface area contributed by atoms with Crippen LogP contribution in [0.5, 0.6) is 0 Å². The first kappa shape index (κ1) is 16.5. The fourth-order valence-electron chi connectivity index (χ4n) is 2.86. The minimum Gasteiger partial charge on any atom is -0.383 e. The molecule has 2 N–H and O–H groups in total. The van der Waals surface area contributed by atoms with E-state index in [1.807, 2.05) is 13.0 Å². The van der Waals surface area contributed by atoms with Crippen molar-refractivity contribution in [3.05, 3.63) is 36.0 Å². The van der Waals surface area contributed by atoms with Crippen molar-refractivity contribution >= 4 is 23.1 Å². The van der Waals surface area contributed by atoms with Gasteiger partial charge in [-0.1, -0.05) is 0 Å². The van der Waals surface area contributed by atoms with Crippen LogP contribution in [-0.2, 0) is 4.74 Å². The summed E-state index contributed by atoms with van der Waals surface area (Å²) in [6.45, 7) is 5.64. The van der Waals surface area contributed by atoms with Gasteiger partial charge in [0, 0.05) is 49.9 Å². The van der Waals surface area contributed by atoms with E-state index >= 15 is 0 Å². The highest BCUT2D eigenvalue weighted by molar-refractivity contribution is 5.60. The van der Waals surface area contributed by atoms with Gasteiger partial charge in [-0.05, 0) is 44.0 Å². The highest BCUT2D eigenvalue weighted by Crippen LogP contribution is 2.23. The maximum atomic E-state index is 5.05. The van der Waals surface area contributed by atoms with Crippen molar-refractivity contribution in [1.29, 1.82) is 0 Å². The third-order valence-electron chi connectivity index (χ3n) is 4.06. The molecule has 0 unspecified atom stereocenters. The van der Waals surface area contributed by atoms with Crippen LogP contribution in [0.3, 0.4) is 0 Å². The van der Waals surface area contributed by atoms with Crippen molar-refractivity contribution in [2.75, 3.05) is 48.9 Å². The fourth-order valence-corrected chi connectivity index (χ4v) is 2.86. The van der Waals surface area contributed by atoms with E-state index in [1.54, 1.807) is 7.11 Å². The average Bonchev–Trinajstić information content (AvgIpc) is 3.10. The molecule has 0 radical (unpaired) electrons. The van der Waals surface area contributed by atoms with Crippen LogP contribution < -0.4 is 15.5 Å². The second-order valence-corrected chi connectivity index (χ2v) is 6.00. The van der Waals surface area contributed by atoms with E-state index in [0.717, 1.165) is 36.8 Å². The monoisotopic (exact) mass is 327 g/mol. The van der Waals surface area contributed by atoms with Crippen LogP contribution in [0.25, 0.3) is 0 Å². The van der Waals surface area contributed by atoms with Crippen molar-refractivity contribution in [2.45, 2.75) is 19.8 Å². The molecule has 3 rings (SSSR count). The van der Waals surface area contributed by atoms with E-state index < -0.39 is 0 Å². The number of aryl methyl sites for hydroxylation is 1. The van der Waals surface area contributed by atoms with Gasteiger partial charge in [0.15, 0.2) is 0 Å². The zero-order valence-electron chi connectivity index (χ0n) is 14.4. The molecule has 1 aromatic heterocycles. The number of aromatic nitrogens is 2. The largest absolute Gasteiger partial charge is 0.383 e. The predicted molar refractivity (Wildman–Crippen MR) is 98.3 cm³/mol. The lowest BCUT2D eigenvalue weighted by atomic mass is 10.2. The van der Waals surface area contributed by atoms with Gasteiger partial charge in [0.25, 0.3) is 0 Å². The molecule has 1 saturated heterocycles. The van der Waals surface area contributed by atoms with Crippen LogP contribution >= 0.6 is 0 Å². The Bertz CT molecular complexity index is 653. The molecule has 0 atom stereocenters. The predicted octanol–water partition coefficient (Wildman–Crippen LogP) is 3.19. The summed E-state index contributed by atoms with van der Waals surface area (Å²) in [7, 11) is 1.69. The molecule has 24 heavy (non-hydrogen) atoms. The number of benzene rings is 1. The summed E-state index contributed by atoms with van der Waals surface area (Å²) >= 11 is 0. The van der Waals surface area contributed by atoms with Crippen molar-refractivity contribution in [1.82, 2.24) is 9.97 Å². The van der Waals surface area contributed by atoms with Crippen LogP contribution in [0.15, 0.2) is 30.3 Å². The van der Waals surface area contributed by atoms with Gasteiger partial charge in [-0.25, -0.2) is 4.98 Å². The van der Waals surface area contributed by atoms with E-state index in [9.17, 15) is 0 Å². The summed E-state index contributed by atoms with van der Waals surface area (Å²) < 4.78 is 5.05. The van der Waals surface area contributed by atoms with Crippen LogP contribution in [0, 0.1) is 6.92 Å². The van der Waals surface area contributed by atoms with Crippen LogP contribution in [0.1, 0.15) is 18.5 Å². The molecule has 2 aromatic rings. The van der Waals surface area contributed by atoms with Gasteiger partial charge in [-0.2, -0.15) is 4.98 Å². The van der Waals surface area contributed by atoms with E-state index in [1.165, 1.54) is 18.5 Å². The number of rotatable bonds is 7. The minimum absolute atomic E-state index is 0.601. The smallest absolute Gasteiger partial charge is 0.229 e. The molecule has 128 valence electrons. The normalized spacial score (nSPS) is 14.0. The molecule has 0 bridgehead atoms. The molecule has 1 aliphatic rings. The molecule has 0 saturated carbocycles. The summed E-state index contributed by atoms with van der Waals surface area (Å²) in [6, 6.07) is 10.4. The third kappa shape index (κ3) is 4.35. The number of ether oxygens (including phenoxy) is 1. The summed E-state index contributed by atoms with van der Waals surface area (Å²) in [4.78, 5) is 11.4. The Hall–Kier alpha value is -2.34. The highest BCUT2D eigenvalue weighted by Gasteiger charge is 2.12. The molecular weight excluding hydrogens is 302 g/mol. The molecule has 0 spiro atoms. The van der Waals surface area contributed by atoms with Gasteiger partial charge in [0.05, 0.1) is 6.61 Å². The summed E-state index contributed by atoms with van der Waals surface area (Å²) in [5.41, 5.74) is 3.19. The molecule has 6 nitrogen and oxygen atoms in total. The van der Waals surface area contributed by atoms with E-state index in [2.05, 4.69) is 49.8 Å². The van der Waals surface area contributed by atoms with Crippen LogP contribution in [-0.4, -0.2) is 43.3 Å². The van der Waals surface area contributed by atoms with Gasteiger partial charge >= 0.3 is 0 Å². The molecule has 2 heterocycles. The Morgan fingerprint density at radius 2 is 1.88 bits per heavy atom. The van der Waals surface area contributed by atoms with E-state index in [-0.39, 0.29) is 0 Å². The Balaban J connectivity index is 1.66. The van der Waals surface area contributed by atoms with Crippen LogP contribution in [0.2, 0.25) is 0 Å². The van der Waals surface area contributed by atoms with Gasteiger partial charge in [0.2, 0.25) is 5.95 Å². The first-order chi connectivity index (χ1) is 11.7. The van der Waals surface area contributed by atoms with Crippen molar-refractivity contribution in [3.8, 4) is 0 Å². The summed E-state index contributed by atoms with van der Waals surface area (Å²) in [5, 5.41) is 6.52. The second-order valence-electron chi connectivity index (χ2n) is 6.00. The number of nitrogens with zero attached hydrogens (tertiary/aromatic N) is 3. The van der Waals surface area contributed by atoms with Gasteiger partial charge in [-0.15, -0.1) is 0 Å². The zero-order valence-corrected chi connectivity index (χ0v) is 14.4.